The molecule has 0 unspecified atom stereocenters. The maximum atomic E-state index is 13.3. The average molecular weight is 365 g/mol. The first-order valence-corrected chi connectivity index (χ1v) is 9.24. The van der Waals surface area contributed by atoms with Gasteiger partial charge in [-0.05, 0) is 57.8 Å². The topological polar surface area (TPSA) is 52.7 Å². The first kappa shape index (κ1) is 18.8. The SMILES string of the molecule is C[C@H](C(=O)Nc1ccc(F)c(F)c1)N1CCC(C(=O)N2CCCC2)CC1. The second-order valence-corrected chi connectivity index (χ2v) is 7.14. The number of carbonyl (C=O) groups excluding carboxylic acids is 2. The number of amides is 2. The summed E-state index contributed by atoms with van der Waals surface area (Å²) in [5.74, 6) is -1.90. The Labute approximate surface area is 152 Å². The first-order chi connectivity index (χ1) is 12.5. The number of benzene rings is 1. The maximum absolute atomic E-state index is 13.3. The predicted octanol–water partition coefficient (Wildman–Crippen LogP) is 2.63. The smallest absolute Gasteiger partial charge is 0.241 e. The summed E-state index contributed by atoms with van der Waals surface area (Å²) >= 11 is 0. The van der Waals surface area contributed by atoms with Crippen molar-refractivity contribution in [2.45, 2.75) is 38.6 Å². The number of carbonyl (C=O) groups is 2. The predicted molar refractivity (Wildman–Crippen MR) is 94.6 cm³/mol. The summed E-state index contributed by atoms with van der Waals surface area (Å²) in [5.41, 5.74) is 0.236. The van der Waals surface area contributed by atoms with Crippen molar-refractivity contribution in [1.82, 2.24) is 9.80 Å². The Hall–Kier alpha value is -2.02. The lowest BCUT2D eigenvalue weighted by Crippen LogP contribution is -2.48. The van der Waals surface area contributed by atoms with Crippen molar-refractivity contribution >= 4 is 17.5 Å². The van der Waals surface area contributed by atoms with Crippen molar-refractivity contribution in [3.63, 3.8) is 0 Å². The Balaban J connectivity index is 1.50. The fourth-order valence-electron chi connectivity index (χ4n) is 3.72. The number of hydrogen-bond donors (Lipinski definition) is 1. The van der Waals surface area contributed by atoms with Crippen LogP contribution in [0.15, 0.2) is 18.2 Å². The molecule has 5 nitrogen and oxygen atoms in total. The number of nitrogens with zero attached hydrogens (tertiary/aromatic N) is 2. The van der Waals surface area contributed by atoms with Crippen LogP contribution in [0.3, 0.4) is 0 Å². The number of anilines is 1. The lowest BCUT2D eigenvalue weighted by atomic mass is 9.94. The Morgan fingerprint density at radius 1 is 1.08 bits per heavy atom. The van der Waals surface area contributed by atoms with Gasteiger partial charge in [0.05, 0.1) is 6.04 Å². The normalized spacial score (nSPS) is 20.2. The van der Waals surface area contributed by atoms with Gasteiger partial charge < -0.3 is 10.2 Å². The molecule has 1 aromatic carbocycles. The van der Waals surface area contributed by atoms with Crippen LogP contribution in [0.25, 0.3) is 0 Å². The summed E-state index contributed by atoms with van der Waals surface area (Å²) in [6.45, 7) is 4.88. The van der Waals surface area contributed by atoms with Gasteiger partial charge in [-0.1, -0.05) is 0 Å². The van der Waals surface area contributed by atoms with Gasteiger partial charge in [0, 0.05) is 30.8 Å². The van der Waals surface area contributed by atoms with Crippen molar-refractivity contribution in [3.8, 4) is 0 Å². The van der Waals surface area contributed by atoms with Crippen molar-refractivity contribution in [1.29, 1.82) is 0 Å². The van der Waals surface area contributed by atoms with Crippen LogP contribution in [0.4, 0.5) is 14.5 Å². The highest BCUT2D eigenvalue weighted by atomic mass is 19.2. The Kier molecular flexibility index (Phi) is 5.86. The molecule has 3 rings (SSSR count). The highest BCUT2D eigenvalue weighted by Crippen LogP contribution is 2.23. The molecule has 0 aromatic heterocycles. The fraction of sp³-hybridized carbons (Fsp3) is 0.579. The standard InChI is InChI=1S/C19H25F2N3O2/c1-13(18(25)22-15-4-5-16(20)17(21)12-15)23-10-6-14(7-11-23)19(26)24-8-2-3-9-24/h4-5,12-14H,2-3,6-11H2,1H3,(H,22,25)/t13-/m1/s1. The maximum Gasteiger partial charge on any atom is 0.241 e. The summed E-state index contributed by atoms with van der Waals surface area (Å²) in [7, 11) is 0. The molecular formula is C19H25F2N3O2. The zero-order chi connectivity index (χ0) is 18.7. The lowest BCUT2D eigenvalue weighted by molar-refractivity contribution is -0.136. The van der Waals surface area contributed by atoms with Crippen LogP contribution in [0.2, 0.25) is 0 Å². The van der Waals surface area contributed by atoms with Gasteiger partial charge in [-0.2, -0.15) is 0 Å². The van der Waals surface area contributed by atoms with Gasteiger partial charge >= 0.3 is 0 Å². The summed E-state index contributed by atoms with van der Waals surface area (Å²) in [6.07, 6.45) is 3.67. The van der Waals surface area contributed by atoms with Crippen molar-refractivity contribution < 1.29 is 18.4 Å². The number of halogens is 2. The minimum atomic E-state index is -0.989. The van der Waals surface area contributed by atoms with E-state index in [9.17, 15) is 18.4 Å². The van der Waals surface area contributed by atoms with E-state index in [0.29, 0.717) is 13.1 Å². The molecule has 2 heterocycles. The largest absolute Gasteiger partial charge is 0.342 e. The molecule has 0 spiro atoms. The molecule has 0 aliphatic carbocycles. The molecule has 2 aliphatic heterocycles. The third kappa shape index (κ3) is 4.20. The molecule has 2 fully saturated rings. The van der Waals surface area contributed by atoms with E-state index in [1.165, 1.54) is 6.07 Å². The van der Waals surface area contributed by atoms with Gasteiger partial charge in [0.25, 0.3) is 0 Å². The van der Waals surface area contributed by atoms with E-state index in [1.807, 2.05) is 9.80 Å². The van der Waals surface area contributed by atoms with Crippen molar-refractivity contribution in [2.75, 3.05) is 31.5 Å². The molecule has 26 heavy (non-hydrogen) atoms. The summed E-state index contributed by atoms with van der Waals surface area (Å²) < 4.78 is 26.2. The molecular weight excluding hydrogens is 340 g/mol. The van der Waals surface area contributed by atoms with Gasteiger partial charge in [0.1, 0.15) is 0 Å². The molecule has 1 aromatic rings. The summed E-state index contributed by atoms with van der Waals surface area (Å²) in [5, 5.41) is 2.62. The zero-order valence-electron chi connectivity index (χ0n) is 15.0. The molecule has 0 bridgehead atoms. The van der Waals surface area contributed by atoms with Crippen LogP contribution in [0.1, 0.15) is 32.6 Å². The molecule has 0 saturated carbocycles. The van der Waals surface area contributed by atoms with Crippen LogP contribution in [0.5, 0.6) is 0 Å². The van der Waals surface area contributed by atoms with Gasteiger partial charge in [-0.25, -0.2) is 8.78 Å². The van der Waals surface area contributed by atoms with E-state index in [4.69, 9.17) is 0 Å². The minimum Gasteiger partial charge on any atom is -0.342 e. The van der Waals surface area contributed by atoms with E-state index in [-0.39, 0.29) is 23.4 Å². The molecule has 1 N–H and O–H groups in total. The van der Waals surface area contributed by atoms with Gasteiger partial charge in [-0.15, -0.1) is 0 Å². The molecule has 2 saturated heterocycles. The Morgan fingerprint density at radius 2 is 1.73 bits per heavy atom. The third-order valence-corrected chi connectivity index (χ3v) is 5.41. The molecule has 142 valence electrons. The molecule has 2 amide bonds. The third-order valence-electron chi connectivity index (χ3n) is 5.41. The van der Waals surface area contributed by atoms with Crippen LogP contribution in [-0.4, -0.2) is 53.8 Å². The number of likely N-dealkylation sites (tertiary alicyclic amines) is 2. The van der Waals surface area contributed by atoms with Gasteiger partial charge in [0.15, 0.2) is 11.6 Å². The Morgan fingerprint density at radius 3 is 2.35 bits per heavy atom. The van der Waals surface area contributed by atoms with E-state index in [1.54, 1.807) is 6.92 Å². The minimum absolute atomic E-state index is 0.0470. The highest BCUT2D eigenvalue weighted by Gasteiger charge is 2.32. The summed E-state index contributed by atoms with van der Waals surface area (Å²) in [4.78, 5) is 28.9. The van der Waals surface area contributed by atoms with Crippen molar-refractivity contribution in [3.05, 3.63) is 29.8 Å². The van der Waals surface area contributed by atoms with Crippen LogP contribution in [-0.2, 0) is 9.59 Å². The van der Waals surface area contributed by atoms with E-state index >= 15 is 0 Å². The Bertz CT molecular complexity index is 669. The monoisotopic (exact) mass is 365 g/mol. The van der Waals surface area contributed by atoms with E-state index < -0.39 is 17.7 Å². The number of nitrogens with one attached hydrogen (secondary N) is 1. The van der Waals surface area contributed by atoms with Crippen molar-refractivity contribution in [2.24, 2.45) is 5.92 Å². The van der Waals surface area contributed by atoms with Gasteiger partial charge in [0.2, 0.25) is 11.8 Å². The molecule has 2 aliphatic rings. The van der Waals surface area contributed by atoms with Crippen LogP contribution >= 0.6 is 0 Å². The molecule has 7 heteroatoms. The number of piperidine rings is 1. The van der Waals surface area contributed by atoms with Crippen LogP contribution < -0.4 is 5.32 Å². The summed E-state index contributed by atoms with van der Waals surface area (Å²) in [6, 6.07) is 2.90. The van der Waals surface area contributed by atoms with Gasteiger partial charge in [-0.3, -0.25) is 14.5 Å². The molecule has 0 radical (unpaired) electrons. The quantitative estimate of drug-likeness (QED) is 0.892. The average Bonchev–Trinajstić information content (AvgIpc) is 3.18. The van der Waals surface area contributed by atoms with E-state index in [2.05, 4.69) is 5.32 Å². The number of rotatable bonds is 4. The highest BCUT2D eigenvalue weighted by molar-refractivity contribution is 5.94. The molecule has 1 atom stereocenters. The van der Waals surface area contributed by atoms with Crippen LogP contribution in [0, 0.1) is 17.6 Å². The second kappa shape index (κ2) is 8.12. The number of hydrogen-bond acceptors (Lipinski definition) is 3. The van der Waals surface area contributed by atoms with E-state index in [0.717, 1.165) is 50.9 Å². The zero-order valence-corrected chi connectivity index (χ0v) is 15.0. The second-order valence-electron chi connectivity index (χ2n) is 7.14. The first-order valence-electron chi connectivity index (χ1n) is 9.24. The lowest BCUT2D eigenvalue weighted by Gasteiger charge is -2.36. The fourth-order valence-corrected chi connectivity index (χ4v) is 3.72.